The minimum atomic E-state index is -3.98. The number of nitrogens with one attached hydrogen (secondary N) is 2. The van der Waals surface area contributed by atoms with E-state index < -0.39 is 15.9 Å². The summed E-state index contributed by atoms with van der Waals surface area (Å²) in [4.78, 5) is 17.0. The molecule has 32 heavy (non-hydrogen) atoms. The molecule has 0 bridgehead atoms. The lowest BCUT2D eigenvalue weighted by Crippen LogP contribution is -2.23. The van der Waals surface area contributed by atoms with Gasteiger partial charge in [-0.25, -0.2) is 13.4 Å². The number of hydrogen-bond donors (Lipinski definition) is 2. The van der Waals surface area contributed by atoms with Gasteiger partial charge in [-0.15, -0.1) is 11.3 Å². The molecule has 1 amide bonds. The second-order valence-electron chi connectivity index (χ2n) is 6.74. The molecule has 4 rings (SSSR count). The van der Waals surface area contributed by atoms with Crippen molar-refractivity contribution in [2.75, 3.05) is 11.8 Å². The Bertz CT molecular complexity index is 1370. The van der Waals surface area contributed by atoms with Crippen LogP contribution in [0.5, 0.6) is 5.75 Å². The Labute approximate surface area is 194 Å². The highest BCUT2D eigenvalue weighted by atomic mass is 35.5. The van der Waals surface area contributed by atoms with Crippen LogP contribution in [0, 0.1) is 0 Å². The lowest BCUT2D eigenvalue weighted by atomic mass is 10.2. The van der Waals surface area contributed by atoms with Crippen molar-refractivity contribution in [3.8, 4) is 5.75 Å². The first-order valence-corrected chi connectivity index (χ1v) is 12.1. The number of amides is 1. The number of para-hydroxylation sites is 1. The number of sulfonamides is 1. The molecule has 0 saturated heterocycles. The van der Waals surface area contributed by atoms with Crippen LogP contribution in [0.15, 0.2) is 71.6 Å². The quantitative estimate of drug-likeness (QED) is 0.394. The van der Waals surface area contributed by atoms with Gasteiger partial charge in [0.25, 0.3) is 15.9 Å². The molecule has 1 aromatic heterocycles. The second-order valence-corrected chi connectivity index (χ2v) is 9.97. The summed E-state index contributed by atoms with van der Waals surface area (Å²) in [6.07, 6.45) is 0. The third-order valence-corrected chi connectivity index (χ3v) is 7.19. The van der Waals surface area contributed by atoms with E-state index in [2.05, 4.69) is 15.0 Å². The van der Waals surface area contributed by atoms with Crippen LogP contribution < -0.4 is 14.8 Å². The fourth-order valence-electron chi connectivity index (χ4n) is 3.02. The van der Waals surface area contributed by atoms with E-state index in [0.29, 0.717) is 10.8 Å². The molecule has 7 nitrogen and oxygen atoms in total. The summed E-state index contributed by atoms with van der Waals surface area (Å²) in [5.74, 6) is -0.0793. The number of thiazole rings is 1. The van der Waals surface area contributed by atoms with Crippen LogP contribution in [0.2, 0.25) is 5.02 Å². The van der Waals surface area contributed by atoms with Crippen molar-refractivity contribution in [1.29, 1.82) is 0 Å². The van der Waals surface area contributed by atoms with Crippen LogP contribution in [0.4, 0.5) is 5.69 Å². The lowest BCUT2D eigenvalue weighted by Gasteiger charge is -2.13. The molecule has 3 aromatic carbocycles. The molecule has 0 atom stereocenters. The smallest absolute Gasteiger partial charge is 0.262 e. The number of benzene rings is 3. The van der Waals surface area contributed by atoms with E-state index in [-0.39, 0.29) is 22.7 Å². The first-order chi connectivity index (χ1) is 15.4. The van der Waals surface area contributed by atoms with Gasteiger partial charge in [-0.1, -0.05) is 29.8 Å². The predicted molar refractivity (Wildman–Crippen MR) is 126 cm³/mol. The van der Waals surface area contributed by atoms with Crippen molar-refractivity contribution in [2.45, 2.75) is 11.4 Å². The van der Waals surface area contributed by atoms with E-state index in [9.17, 15) is 13.2 Å². The molecule has 0 aliphatic heterocycles. The highest BCUT2D eigenvalue weighted by Crippen LogP contribution is 2.30. The molecule has 1 heterocycles. The minimum absolute atomic E-state index is 0.0628. The zero-order valence-electron chi connectivity index (χ0n) is 16.8. The molecular weight excluding hydrogens is 470 g/mol. The number of carbonyl (C=O) groups is 1. The Balaban J connectivity index is 1.50. The van der Waals surface area contributed by atoms with E-state index in [4.69, 9.17) is 16.3 Å². The monoisotopic (exact) mass is 487 g/mol. The Kier molecular flexibility index (Phi) is 6.31. The highest BCUT2D eigenvalue weighted by Gasteiger charge is 2.19. The number of rotatable bonds is 7. The first kappa shape index (κ1) is 22.1. The fourth-order valence-corrected chi connectivity index (χ4v) is 5.21. The maximum atomic E-state index is 12.9. The standard InChI is InChI=1S/C22H18ClN3O4S2/c1-30-19-10-9-15(23)12-18(19)26-32(28,29)16-6-4-5-14(11-16)22(27)24-13-21-25-17-7-2-3-8-20(17)31-21/h2-12,26H,13H2,1H3,(H,24,27). The largest absolute Gasteiger partial charge is 0.495 e. The number of methoxy groups -OCH3 is 1. The molecule has 0 aliphatic carbocycles. The molecule has 0 unspecified atom stereocenters. The molecule has 2 N–H and O–H groups in total. The van der Waals surface area contributed by atoms with Crippen molar-refractivity contribution in [2.24, 2.45) is 0 Å². The van der Waals surface area contributed by atoms with Gasteiger partial charge >= 0.3 is 0 Å². The molecule has 10 heteroatoms. The molecule has 0 radical (unpaired) electrons. The molecule has 0 aliphatic rings. The van der Waals surface area contributed by atoms with Crippen molar-refractivity contribution in [1.82, 2.24) is 10.3 Å². The SMILES string of the molecule is COc1ccc(Cl)cc1NS(=O)(=O)c1cccc(C(=O)NCc2nc3ccccc3s2)c1. The van der Waals surface area contributed by atoms with Crippen molar-refractivity contribution in [3.63, 3.8) is 0 Å². The summed E-state index contributed by atoms with van der Waals surface area (Å²) in [6, 6.07) is 18.1. The average molecular weight is 488 g/mol. The molecule has 4 aromatic rings. The summed E-state index contributed by atoms with van der Waals surface area (Å²) in [5.41, 5.74) is 1.29. The predicted octanol–water partition coefficient (Wildman–Crippen LogP) is 4.69. The zero-order chi connectivity index (χ0) is 22.7. The van der Waals surface area contributed by atoms with Crippen molar-refractivity contribution >= 4 is 54.8 Å². The van der Waals surface area contributed by atoms with Crippen LogP contribution >= 0.6 is 22.9 Å². The normalized spacial score (nSPS) is 11.3. The number of fused-ring (bicyclic) bond motifs is 1. The van der Waals surface area contributed by atoms with Gasteiger partial charge in [-0.2, -0.15) is 0 Å². The van der Waals surface area contributed by atoms with Crippen LogP contribution in [-0.4, -0.2) is 26.4 Å². The molecular formula is C22H18ClN3O4S2. The van der Waals surface area contributed by atoms with Gasteiger partial charge in [0, 0.05) is 10.6 Å². The lowest BCUT2D eigenvalue weighted by molar-refractivity contribution is 0.0950. The number of anilines is 1. The number of aromatic nitrogens is 1. The van der Waals surface area contributed by atoms with Crippen molar-refractivity contribution < 1.29 is 17.9 Å². The number of carbonyl (C=O) groups excluding carboxylic acids is 1. The maximum absolute atomic E-state index is 12.9. The summed E-state index contributed by atoms with van der Waals surface area (Å²) < 4.78 is 34.4. The van der Waals surface area contributed by atoms with Crippen LogP contribution in [-0.2, 0) is 16.6 Å². The number of ether oxygens (including phenoxy) is 1. The Hall–Kier alpha value is -3.14. The Morgan fingerprint density at radius 1 is 1.09 bits per heavy atom. The van der Waals surface area contributed by atoms with E-state index in [1.807, 2.05) is 24.3 Å². The third-order valence-electron chi connectivity index (χ3n) is 4.55. The molecule has 0 fully saturated rings. The summed E-state index contributed by atoms with van der Waals surface area (Å²) >= 11 is 7.47. The van der Waals surface area contributed by atoms with Crippen molar-refractivity contribution in [3.05, 3.63) is 82.3 Å². The fraction of sp³-hybridized carbons (Fsp3) is 0.0909. The van der Waals surface area contributed by atoms with Gasteiger partial charge in [-0.3, -0.25) is 9.52 Å². The highest BCUT2D eigenvalue weighted by molar-refractivity contribution is 7.92. The molecule has 0 saturated carbocycles. The maximum Gasteiger partial charge on any atom is 0.262 e. The Morgan fingerprint density at radius 3 is 2.69 bits per heavy atom. The van der Waals surface area contributed by atoms with Gasteiger partial charge in [0.15, 0.2) is 0 Å². The zero-order valence-corrected chi connectivity index (χ0v) is 19.2. The van der Waals surface area contributed by atoms with E-state index in [0.717, 1.165) is 15.2 Å². The topological polar surface area (TPSA) is 97.4 Å². The number of hydrogen-bond acceptors (Lipinski definition) is 6. The van der Waals surface area contributed by atoms with Gasteiger partial charge < -0.3 is 10.1 Å². The van der Waals surface area contributed by atoms with E-state index >= 15 is 0 Å². The number of halogens is 1. The number of nitrogens with zero attached hydrogens (tertiary/aromatic N) is 1. The average Bonchev–Trinajstić information content (AvgIpc) is 3.20. The van der Waals surface area contributed by atoms with Crippen LogP contribution in [0.3, 0.4) is 0 Å². The molecule has 164 valence electrons. The summed E-state index contributed by atoms with van der Waals surface area (Å²) in [5, 5.41) is 3.90. The van der Waals surface area contributed by atoms with Crippen LogP contribution in [0.25, 0.3) is 10.2 Å². The minimum Gasteiger partial charge on any atom is -0.495 e. The van der Waals surface area contributed by atoms with Gasteiger partial charge in [-0.05, 0) is 48.5 Å². The first-order valence-electron chi connectivity index (χ1n) is 9.45. The summed E-state index contributed by atoms with van der Waals surface area (Å²) in [6.45, 7) is 0.243. The third kappa shape index (κ3) is 4.85. The van der Waals surface area contributed by atoms with Gasteiger partial charge in [0.2, 0.25) is 0 Å². The Morgan fingerprint density at radius 2 is 1.91 bits per heavy atom. The van der Waals surface area contributed by atoms with Gasteiger partial charge in [0.1, 0.15) is 10.8 Å². The van der Waals surface area contributed by atoms with Gasteiger partial charge in [0.05, 0.1) is 34.5 Å². The molecule has 0 spiro atoms. The van der Waals surface area contributed by atoms with Crippen LogP contribution in [0.1, 0.15) is 15.4 Å². The van der Waals surface area contributed by atoms with E-state index in [1.165, 1.54) is 42.7 Å². The summed E-state index contributed by atoms with van der Waals surface area (Å²) in [7, 11) is -2.55. The van der Waals surface area contributed by atoms with E-state index in [1.54, 1.807) is 18.2 Å². The second kappa shape index (κ2) is 9.15.